The van der Waals surface area contributed by atoms with Crippen LogP contribution < -0.4 is 20.1 Å². The molecule has 270 valence electrons. The van der Waals surface area contributed by atoms with Crippen LogP contribution in [-0.2, 0) is 22.7 Å². The highest BCUT2D eigenvalue weighted by molar-refractivity contribution is 5.83. The second-order valence-corrected chi connectivity index (χ2v) is 13.2. The number of carbonyl (C=O) groups excluding carboxylic acids is 1. The molecule has 4 heterocycles. The summed E-state index contributed by atoms with van der Waals surface area (Å²) in [5.74, 6) is 0.517. The highest BCUT2D eigenvalue weighted by Crippen LogP contribution is 2.39. The Morgan fingerprint density at radius 3 is 2.58 bits per heavy atom. The molecule has 2 aliphatic heterocycles. The molecule has 2 aromatic heterocycles. The predicted octanol–water partition coefficient (Wildman–Crippen LogP) is 6.98. The first kappa shape index (κ1) is 35.0. The van der Waals surface area contributed by atoms with Gasteiger partial charge in [-0.05, 0) is 85.7 Å². The number of alkyl halides is 2. The molecule has 3 aromatic carbocycles. The number of likely N-dealkylation sites (tertiary alicyclic amines) is 1. The number of pyridine rings is 1. The van der Waals surface area contributed by atoms with E-state index in [1.165, 1.54) is 6.07 Å². The number of nitrogens with one attached hydrogen (secondary N) is 2. The van der Waals surface area contributed by atoms with E-state index in [2.05, 4.69) is 15.6 Å². The number of benzene rings is 3. The molecule has 0 aliphatic carbocycles. The number of carboxylic acids is 1. The van der Waals surface area contributed by atoms with E-state index in [-0.39, 0.29) is 29.8 Å². The zero-order chi connectivity index (χ0) is 36.4. The molecule has 1 amide bonds. The van der Waals surface area contributed by atoms with Crippen LogP contribution in [0.25, 0.3) is 33.7 Å². The van der Waals surface area contributed by atoms with E-state index in [4.69, 9.17) is 18.9 Å². The highest BCUT2D eigenvalue weighted by atomic mass is 19.3. The maximum absolute atomic E-state index is 13.4. The van der Waals surface area contributed by atoms with Gasteiger partial charge in [0.25, 0.3) is 0 Å². The van der Waals surface area contributed by atoms with Crippen LogP contribution in [0, 0.1) is 13.8 Å². The minimum Gasteiger partial charge on any atom is -0.480 e. The first-order valence-electron chi connectivity index (χ1n) is 17.3. The van der Waals surface area contributed by atoms with E-state index in [1.807, 2.05) is 62.4 Å². The third-order valence-electron chi connectivity index (χ3n) is 9.76. The fourth-order valence-corrected chi connectivity index (χ4v) is 7.04. The van der Waals surface area contributed by atoms with Gasteiger partial charge >= 0.3 is 12.6 Å². The van der Waals surface area contributed by atoms with Crippen LogP contribution in [0.1, 0.15) is 47.9 Å². The van der Waals surface area contributed by atoms with Gasteiger partial charge < -0.3 is 29.6 Å². The number of hydrogen-bond donors (Lipinski definition) is 3. The molecule has 2 aliphatic rings. The number of halogens is 2. The van der Waals surface area contributed by atoms with E-state index in [0.717, 1.165) is 39.8 Å². The summed E-state index contributed by atoms with van der Waals surface area (Å²) in [7, 11) is 0. The average Bonchev–Trinajstić information content (AvgIpc) is 3.86. The Balaban J connectivity index is 1.10. The summed E-state index contributed by atoms with van der Waals surface area (Å²) >= 11 is 0. The molecule has 52 heavy (non-hydrogen) atoms. The molecule has 7 rings (SSSR count). The number of rotatable bonds is 13. The number of amides is 1. The van der Waals surface area contributed by atoms with Crippen LogP contribution in [-0.4, -0.2) is 63.6 Å². The molecule has 11 nitrogen and oxygen atoms in total. The Morgan fingerprint density at radius 1 is 1.06 bits per heavy atom. The van der Waals surface area contributed by atoms with Gasteiger partial charge in [-0.25, -0.2) is 9.97 Å². The Bertz CT molecular complexity index is 2100. The van der Waals surface area contributed by atoms with Crippen LogP contribution in [0.3, 0.4) is 0 Å². The molecule has 0 unspecified atom stereocenters. The van der Waals surface area contributed by atoms with Crippen molar-refractivity contribution in [3.63, 3.8) is 0 Å². The summed E-state index contributed by atoms with van der Waals surface area (Å²) in [5.41, 5.74) is 6.55. The first-order chi connectivity index (χ1) is 25.1. The number of fused-ring (bicyclic) bond motifs is 1. The van der Waals surface area contributed by atoms with Crippen molar-refractivity contribution >= 4 is 23.0 Å². The van der Waals surface area contributed by atoms with Gasteiger partial charge in [0.05, 0.1) is 0 Å². The fourth-order valence-electron chi connectivity index (χ4n) is 7.04. The summed E-state index contributed by atoms with van der Waals surface area (Å²) < 4.78 is 44.1. The lowest BCUT2D eigenvalue weighted by Gasteiger charge is -2.22. The van der Waals surface area contributed by atoms with E-state index < -0.39 is 18.6 Å². The molecule has 0 bridgehead atoms. The van der Waals surface area contributed by atoms with E-state index in [9.17, 15) is 23.5 Å². The molecular weight excluding hydrogens is 672 g/mol. The Kier molecular flexibility index (Phi) is 10.1. The average molecular weight is 712 g/mol. The zero-order valence-corrected chi connectivity index (χ0v) is 28.8. The number of oxazole rings is 1. The van der Waals surface area contributed by atoms with Crippen LogP contribution in [0.5, 0.6) is 17.4 Å². The maximum atomic E-state index is 13.4. The van der Waals surface area contributed by atoms with Gasteiger partial charge in [-0.2, -0.15) is 8.78 Å². The van der Waals surface area contributed by atoms with Crippen molar-refractivity contribution in [3.05, 3.63) is 89.1 Å². The van der Waals surface area contributed by atoms with Crippen LogP contribution in [0.4, 0.5) is 8.78 Å². The van der Waals surface area contributed by atoms with Gasteiger partial charge in [0.15, 0.2) is 5.58 Å². The number of aromatic nitrogens is 2. The summed E-state index contributed by atoms with van der Waals surface area (Å²) in [4.78, 5) is 34.2. The second-order valence-electron chi connectivity index (χ2n) is 13.2. The predicted molar refractivity (Wildman–Crippen MR) is 189 cm³/mol. The summed E-state index contributed by atoms with van der Waals surface area (Å²) in [6.45, 7) is 2.89. The lowest BCUT2D eigenvalue weighted by Crippen LogP contribution is -2.35. The summed E-state index contributed by atoms with van der Waals surface area (Å²) in [6, 6.07) is 17.9. The Morgan fingerprint density at radius 2 is 1.85 bits per heavy atom. The van der Waals surface area contributed by atoms with Gasteiger partial charge in [-0.3, -0.25) is 14.5 Å². The molecule has 13 heteroatoms. The quantitative estimate of drug-likeness (QED) is 0.117. The van der Waals surface area contributed by atoms with E-state index in [0.29, 0.717) is 67.5 Å². The molecule has 0 radical (unpaired) electrons. The standard InChI is InChI=1S/C39H39F2N5O6/c1-22-27(28-7-4-10-32(23(28)2)50-36-14-11-24(19-43-36)18-42-20-26-12-13-35(47)44-26)6-3-8-29(22)37-45-30-16-25(21-46-15-5-9-31(46)38(48)49)33(52-39(40)41)17-34(30)51-37/h3-4,6-8,10-11,14,16-17,19,26,31,39,42H,5,9,12-13,15,18,20-21H2,1-2H3,(H,44,47)(H,48,49)/t26-,31-/m0/s1. The first-order valence-corrected chi connectivity index (χ1v) is 17.3. The SMILES string of the molecule is Cc1c(Oc2ccc(CNC[C@@H]3CCC(=O)N3)cn2)cccc1-c1cccc(-c2nc3cc(CN4CCC[C@H]4C(=O)O)c(OC(F)F)cc3o2)c1C. The molecule has 3 N–H and O–H groups in total. The molecule has 5 aromatic rings. The van der Waals surface area contributed by atoms with Crippen LogP contribution >= 0.6 is 0 Å². The van der Waals surface area contributed by atoms with Crippen molar-refractivity contribution in [3.8, 4) is 40.0 Å². The lowest BCUT2D eigenvalue weighted by atomic mass is 9.93. The molecule has 2 fully saturated rings. The third-order valence-corrected chi connectivity index (χ3v) is 9.76. The van der Waals surface area contributed by atoms with Crippen LogP contribution in [0.15, 0.2) is 71.3 Å². The van der Waals surface area contributed by atoms with Crippen molar-refractivity contribution < 1.29 is 37.4 Å². The lowest BCUT2D eigenvalue weighted by molar-refractivity contribution is -0.142. The number of ether oxygens (including phenoxy) is 2. The van der Waals surface area contributed by atoms with Crippen molar-refractivity contribution in [1.82, 2.24) is 25.5 Å². The van der Waals surface area contributed by atoms with Gasteiger partial charge in [0, 0.05) is 61.6 Å². The molecule has 0 spiro atoms. The summed E-state index contributed by atoms with van der Waals surface area (Å²) in [5, 5.41) is 16.0. The van der Waals surface area contributed by atoms with E-state index >= 15 is 0 Å². The van der Waals surface area contributed by atoms with Gasteiger partial charge in [0.1, 0.15) is 23.1 Å². The molecule has 2 atom stereocenters. The van der Waals surface area contributed by atoms with Gasteiger partial charge in [0.2, 0.25) is 17.7 Å². The third kappa shape index (κ3) is 7.60. The molecule has 0 saturated carbocycles. The molecule has 2 saturated heterocycles. The molecular formula is C39H39F2N5O6. The highest BCUT2D eigenvalue weighted by Gasteiger charge is 2.31. The smallest absolute Gasteiger partial charge is 0.387 e. The second kappa shape index (κ2) is 15.1. The van der Waals surface area contributed by atoms with Crippen molar-refractivity contribution in [2.45, 2.75) is 71.3 Å². The number of hydrogen-bond acceptors (Lipinski definition) is 9. The Labute approximate surface area is 299 Å². The maximum Gasteiger partial charge on any atom is 0.387 e. The van der Waals surface area contributed by atoms with Crippen molar-refractivity contribution in [2.24, 2.45) is 0 Å². The van der Waals surface area contributed by atoms with Crippen molar-refractivity contribution in [2.75, 3.05) is 13.1 Å². The minimum atomic E-state index is -3.06. The topological polar surface area (TPSA) is 139 Å². The van der Waals surface area contributed by atoms with Crippen LogP contribution in [0.2, 0.25) is 0 Å². The summed E-state index contributed by atoms with van der Waals surface area (Å²) in [6.07, 6.45) is 4.39. The Hall–Kier alpha value is -5.40. The van der Waals surface area contributed by atoms with Gasteiger partial charge in [-0.15, -0.1) is 0 Å². The number of carboxylic acid groups (broad SMARTS) is 1. The number of aliphatic carboxylic acids is 1. The monoisotopic (exact) mass is 711 g/mol. The number of nitrogens with zero attached hydrogens (tertiary/aromatic N) is 3. The fraction of sp³-hybridized carbons (Fsp3) is 0.333. The normalized spacial score (nSPS) is 17.6. The zero-order valence-electron chi connectivity index (χ0n) is 28.8. The van der Waals surface area contributed by atoms with Crippen molar-refractivity contribution in [1.29, 1.82) is 0 Å². The van der Waals surface area contributed by atoms with E-state index in [1.54, 1.807) is 17.2 Å². The largest absolute Gasteiger partial charge is 0.480 e. The minimum absolute atomic E-state index is 0.0736. The number of carbonyl (C=O) groups is 2. The van der Waals surface area contributed by atoms with Gasteiger partial charge in [-0.1, -0.05) is 30.3 Å².